The minimum Gasteiger partial charge on any atom is -1.00 e. The van der Waals surface area contributed by atoms with E-state index in [-0.39, 0.29) is 42.8 Å². The minimum atomic E-state index is -0.0788. The Hall–Kier alpha value is -0.120. The Kier molecular flexibility index (Phi) is 4.65. The van der Waals surface area contributed by atoms with Gasteiger partial charge in [-0.25, -0.2) is 0 Å². The van der Waals surface area contributed by atoms with E-state index in [9.17, 15) is 9.59 Å². The normalized spacial score (nSPS) is 16.5. The molecule has 1 aliphatic heterocycles. The summed E-state index contributed by atoms with van der Waals surface area (Å²) in [5.41, 5.74) is 0. The Bertz CT molecular complexity index is 180. The number of amides is 2. The largest absolute Gasteiger partial charge is 1.00 e. The first kappa shape index (κ1) is 10.9. The van der Waals surface area contributed by atoms with Crippen LogP contribution < -0.4 is 29.6 Å². The van der Waals surface area contributed by atoms with Crippen LogP contribution in [0.3, 0.4) is 0 Å². The molecule has 1 saturated heterocycles. The van der Waals surface area contributed by atoms with Gasteiger partial charge in [0.1, 0.15) is 0 Å². The van der Waals surface area contributed by atoms with Crippen LogP contribution in [0.2, 0.25) is 0 Å². The third-order valence-corrected chi connectivity index (χ3v) is 1.47. The van der Waals surface area contributed by atoms with Crippen molar-refractivity contribution in [3.05, 3.63) is 12.7 Å². The van der Waals surface area contributed by atoms with Crippen molar-refractivity contribution in [3.8, 4) is 0 Å². The number of nitrogens with zero attached hydrogens (tertiary/aromatic N) is 1. The zero-order valence-electron chi connectivity index (χ0n) is 7.67. The first-order valence-electron chi connectivity index (χ1n) is 3.20. The van der Waals surface area contributed by atoms with Crippen molar-refractivity contribution in [2.45, 2.75) is 12.8 Å². The molecular weight excluding hydrogens is 153 g/mol. The van der Waals surface area contributed by atoms with E-state index in [2.05, 4.69) is 6.58 Å². The average molecular weight is 163 g/mol. The number of carbonyl (C=O) groups is 2. The number of rotatable bonds is 2. The van der Waals surface area contributed by atoms with Crippen LogP contribution >= 0.6 is 0 Å². The van der Waals surface area contributed by atoms with Gasteiger partial charge in [0.15, 0.2) is 0 Å². The van der Waals surface area contributed by atoms with Crippen molar-refractivity contribution >= 4 is 11.8 Å². The molecule has 1 heterocycles. The summed E-state index contributed by atoms with van der Waals surface area (Å²) in [6, 6.07) is 0. The summed E-state index contributed by atoms with van der Waals surface area (Å²) in [6.07, 6.45) is 2.29. The molecule has 0 radical (unpaired) electrons. The molecule has 1 fully saturated rings. The molecular formula is C7H10NNaO2. The molecule has 0 spiro atoms. The summed E-state index contributed by atoms with van der Waals surface area (Å²) in [5, 5.41) is 0. The number of likely N-dealkylation sites (tertiary alicyclic amines) is 1. The van der Waals surface area contributed by atoms with Crippen LogP contribution in [0.25, 0.3) is 0 Å². The Labute approximate surface area is 89.2 Å². The molecule has 0 aromatic heterocycles. The third-order valence-electron chi connectivity index (χ3n) is 1.47. The first-order chi connectivity index (χ1) is 4.75. The Balaban J connectivity index is 0. The average Bonchev–Trinajstić information content (AvgIpc) is 2.20. The SMILES string of the molecule is C=CCN1C(=O)CCC1=O.[H-].[Na+]. The van der Waals surface area contributed by atoms with Crippen molar-refractivity contribution in [3.63, 3.8) is 0 Å². The van der Waals surface area contributed by atoms with E-state index in [4.69, 9.17) is 0 Å². The molecule has 0 saturated carbocycles. The molecule has 0 atom stereocenters. The maximum absolute atomic E-state index is 10.8. The van der Waals surface area contributed by atoms with Crippen molar-refractivity contribution in [2.24, 2.45) is 0 Å². The summed E-state index contributed by atoms with van der Waals surface area (Å²) in [4.78, 5) is 22.9. The Morgan fingerprint density at radius 3 is 2.27 bits per heavy atom. The summed E-state index contributed by atoms with van der Waals surface area (Å²) in [6.45, 7) is 3.81. The van der Waals surface area contributed by atoms with Crippen LogP contribution in [0.5, 0.6) is 0 Å². The summed E-state index contributed by atoms with van der Waals surface area (Å²) in [5.74, 6) is -0.158. The van der Waals surface area contributed by atoms with E-state index < -0.39 is 0 Å². The van der Waals surface area contributed by atoms with E-state index in [0.29, 0.717) is 19.4 Å². The number of imide groups is 1. The maximum Gasteiger partial charge on any atom is 1.00 e. The molecule has 0 bridgehead atoms. The van der Waals surface area contributed by atoms with Crippen LogP contribution in [-0.2, 0) is 9.59 Å². The molecule has 11 heavy (non-hydrogen) atoms. The van der Waals surface area contributed by atoms with Crippen molar-refractivity contribution in [1.82, 2.24) is 4.90 Å². The van der Waals surface area contributed by atoms with Crippen molar-refractivity contribution in [1.29, 1.82) is 0 Å². The van der Waals surface area contributed by atoms with Crippen LogP contribution in [-0.4, -0.2) is 23.3 Å². The molecule has 1 aliphatic rings. The van der Waals surface area contributed by atoms with Crippen LogP contribution in [0.1, 0.15) is 14.3 Å². The fourth-order valence-electron chi connectivity index (χ4n) is 0.956. The van der Waals surface area contributed by atoms with E-state index in [1.807, 2.05) is 0 Å². The molecule has 0 aliphatic carbocycles. The number of hydrogen-bond donors (Lipinski definition) is 0. The number of carbonyl (C=O) groups excluding carboxylic acids is 2. The van der Waals surface area contributed by atoms with Gasteiger partial charge in [0.25, 0.3) is 0 Å². The smallest absolute Gasteiger partial charge is 1.00 e. The fourth-order valence-corrected chi connectivity index (χ4v) is 0.956. The standard InChI is InChI=1S/C7H9NO2.Na.H/c1-2-5-8-6(9)3-4-7(8)10;;/h2H,1,3-5H2;;/q;+1;-1. The van der Waals surface area contributed by atoms with Crippen LogP contribution in [0.4, 0.5) is 0 Å². The molecule has 1 rings (SSSR count). The van der Waals surface area contributed by atoms with Crippen LogP contribution in [0, 0.1) is 0 Å². The van der Waals surface area contributed by atoms with Gasteiger partial charge in [-0.2, -0.15) is 0 Å². The molecule has 0 unspecified atom stereocenters. The number of hydrogen-bond acceptors (Lipinski definition) is 2. The van der Waals surface area contributed by atoms with E-state index in [1.54, 1.807) is 6.08 Å². The molecule has 0 aromatic rings. The molecule has 0 aromatic carbocycles. The predicted molar refractivity (Wildman–Crippen MR) is 37.3 cm³/mol. The zero-order chi connectivity index (χ0) is 7.56. The van der Waals surface area contributed by atoms with Gasteiger partial charge in [-0.3, -0.25) is 14.5 Å². The Morgan fingerprint density at radius 1 is 1.45 bits per heavy atom. The second-order valence-corrected chi connectivity index (χ2v) is 2.19. The summed E-state index contributed by atoms with van der Waals surface area (Å²) in [7, 11) is 0. The summed E-state index contributed by atoms with van der Waals surface area (Å²) < 4.78 is 0. The van der Waals surface area contributed by atoms with E-state index >= 15 is 0 Å². The van der Waals surface area contributed by atoms with Gasteiger partial charge in [-0.05, 0) is 0 Å². The van der Waals surface area contributed by atoms with Crippen molar-refractivity contribution in [2.75, 3.05) is 6.54 Å². The van der Waals surface area contributed by atoms with Crippen molar-refractivity contribution < 1.29 is 40.6 Å². The molecule has 0 N–H and O–H groups in total. The van der Waals surface area contributed by atoms with Crippen LogP contribution in [0.15, 0.2) is 12.7 Å². The quantitative estimate of drug-likeness (QED) is 0.255. The van der Waals surface area contributed by atoms with E-state index in [1.165, 1.54) is 4.90 Å². The molecule has 2 amide bonds. The topological polar surface area (TPSA) is 37.4 Å². The minimum absolute atomic E-state index is 0. The second kappa shape index (κ2) is 4.70. The van der Waals surface area contributed by atoms with Gasteiger partial charge >= 0.3 is 29.6 Å². The van der Waals surface area contributed by atoms with Gasteiger partial charge in [-0.15, -0.1) is 6.58 Å². The van der Waals surface area contributed by atoms with Gasteiger partial charge in [0, 0.05) is 19.4 Å². The monoisotopic (exact) mass is 163 g/mol. The third kappa shape index (κ3) is 2.43. The molecule has 3 nitrogen and oxygen atoms in total. The zero-order valence-corrected chi connectivity index (χ0v) is 8.67. The fraction of sp³-hybridized carbons (Fsp3) is 0.429. The molecule has 4 heteroatoms. The maximum atomic E-state index is 10.8. The van der Waals surface area contributed by atoms with E-state index in [0.717, 1.165) is 0 Å². The van der Waals surface area contributed by atoms with Gasteiger partial charge in [0.05, 0.1) is 0 Å². The van der Waals surface area contributed by atoms with Gasteiger partial charge in [-0.1, -0.05) is 6.08 Å². The van der Waals surface area contributed by atoms with Gasteiger partial charge in [0.2, 0.25) is 11.8 Å². The van der Waals surface area contributed by atoms with Gasteiger partial charge < -0.3 is 1.43 Å². The summed E-state index contributed by atoms with van der Waals surface area (Å²) >= 11 is 0. The second-order valence-electron chi connectivity index (χ2n) is 2.19. The first-order valence-corrected chi connectivity index (χ1v) is 3.20. The molecule has 56 valence electrons. The predicted octanol–water partition coefficient (Wildman–Crippen LogP) is -2.56. The Morgan fingerprint density at radius 2 is 1.91 bits per heavy atom.